The lowest BCUT2D eigenvalue weighted by Gasteiger charge is -2.02. The molecule has 0 radical (unpaired) electrons. The molecule has 84 valence electrons. The van der Waals surface area contributed by atoms with E-state index < -0.39 is 24.6 Å². The standard InChI is InChI=1S/C7H2BrClN2O4S/c8-5-1-4(3-10)7(16(9,14)15)6(2-5)11(12)13/h1-2H. The fourth-order valence-corrected chi connectivity index (χ4v) is 2.74. The van der Waals surface area contributed by atoms with Crippen molar-refractivity contribution in [2.45, 2.75) is 4.90 Å². The summed E-state index contributed by atoms with van der Waals surface area (Å²) in [6.45, 7) is 0. The third-order valence-corrected chi connectivity index (χ3v) is 3.43. The minimum Gasteiger partial charge on any atom is -0.258 e. The predicted molar refractivity (Wildman–Crippen MR) is 58.6 cm³/mol. The molecule has 1 aromatic carbocycles. The normalized spacial score (nSPS) is 10.8. The summed E-state index contributed by atoms with van der Waals surface area (Å²) in [5.74, 6) is 0. The molecule has 0 aliphatic heterocycles. The van der Waals surface area contributed by atoms with Crippen LogP contribution in [0.2, 0.25) is 0 Å². The molecule has 16 heavy (non-hydrogen) atoms. The van der Waals surface area contributed by atoms with Crippen LogP contribution in [0.5, 0.6) is 0 Å². The molecule has 0 N–H and O–H groups in total. The zero-order valence-electron chi connectivity index (χ0n) is 7.35. The lowest BCUT2D eigenvalue weighted by molar-refractivity contribution is -0.387. The molecular formula is C7H2BrClN2O4S. The van der Waals surface area contributed by atoms with E-state index in [1.54, 1.807) is 6.07 Å². The van der Waals surface area contributed by atoms with E-state index in [0.717, 1.165) is 12.1 Å². The van der Waals surface area contributed by atoms with Gasteiger partial charge in [0, 0.05) is 21.2 Å². The molecule has 0 fully saturated rings. The van der Waals surface area contributed by atoms with Crippen molar-refractivity contribution in [1.29, 1.82) is 5.26 Å². The number of hydrogen-bond donors (Lipinski definition) is 0. The number of nitrogens with zero attached hydrogens (tertiary/aromatic N) is 2. The molecule has 1 aromatic rings. The summed E-state index contributed by atoms with van der Waals surface area (Å²) in [4.78, 5) is 8.94. The average Bonchev–Trinajstić information content (AvgIpc) is 2.14. The van der Waals surface area contributed by atoms with Crippen molar-refractivity contribution in [3.8, 4) is 6.07 Å². The monoisotopic (exact) mass is 324 g/mol. The van der Waals surface area contributed by atoms with Gasteiger partial charge in [0.25, 0.3) is 14.7 Å². The fraction of sp³-hybridized carbons (Fsp3) is 0. The van der Waals surface area contributed by atoms with E-state index >= 15 is 0 Å². The number of benzene rings is 1. The number of rotatable bonds is 2. The van der Waals surface area contributed by atoms with E-state index in [0.29, 0.717) is 0 Å². The Bertz CT molecular complexity index is 608. The van der Waals surface area contributed by atoms with Crippen LogP contribution in [0.1, 0.15) is 5.56 Å². The zero-order valence-corrected chi connectivity index (χ0v) is 10.5. The van der Waals surface area contributed by atoms with E-state index in [-0.39, 0.29) is 10.0 Å². The highest BCUT2D eigenvalue weighted by Crippen LogP contribution is 2.33. The topological polar surface area (TPSA) is 101 Å². The lowest BCUT2D eigenvalue weighted by Crippen LogP contribution is -2.02. The van der Waals surface area contributed by atoms with Gasteiger partial charge in [-0.25, -0.2) is 8.42 Å². The van der Waals surface area contributed by atoms with Crippen LogP contribution in [0.3, 0.4) is 0 Å². The van der Waals surface area contributed by atoms with Gasteiger partial charge in [0.2, 0.25) is 0 Å². The summed E-state index contributed by atoms with van der Waals surface area (Å²) in [5, 5.41) is 19.3. The van der Waals surface area contributed by atoms with Gasteiger partial charge < -0.3 is 0 Å². The van der Waals surface area contributed by atoms with Crippen LogP contribution in [-0.4, -0.2) is 13.3 Å². The minimum absolute atomic E-state index is 0.222. The minimum atomic E-state index is -4.35. The molecule has 9 heteroatoms. The van der Waals surface area contributed by atoms with E-state index in [9.17, 15) is 18.5 Å². The van der Waals surface area contributed by atoms with E-state index in [4.69, 9.17) is 15.9 Å². The van der Waals surface area contributed by atoms with Crippen LogP contribution < -0.4 is 0 Å². The lowest BCUT2D eigenvalue weighted by atomic mass is 10.2. The quantitative estimate of drug-likeness (QED) is 0.471. The van der Waals surface area contributed by atoms with Crippen molar-refractivity contribution in [3.63, 3.8) is 0 Å². The highest BCUT2D eigenvalue weighted by atomic mass is 79.9. The molecule has 6 nitrogen and oxygen atoms in total. The highest BCUT2D eigenvalue weighted by Gasteiger charge is 2.28. The van der Waals surface area contributed by atoms with Gasteiger partial charge >= 0.3 is 0 Å². The van der Waals surface area contributed by atoms with Crippen molar-refractivity contribution in [1.82, 2.24) is 0 Å². The largest absolute Gasteiger partial charge is 0.291 e. The van der Waals surface area contributed by atoms with Crippen LogP contribution in [0.4, 0.5) is 5.69 Å². The summed E-state index contributed by atoms with van der Waals surface area (Å²) in [7, 11) is 0.695. The first-order valence-electron chi connectivity index (χ1n) is 3.60. The zero-order chi connectivity index (χ0) is 12.5. The maximum absolute atomic E-state index is 11.1. The Kier molecular flexibility index (Phi) is 3.52. The maximum Gasteiger partial charge on any atom is 0.291 e. The second-order valence-electron chi connectivity index (χ2n) is 2.61. The number of nitriles is 1. The fourth-order valence-electron chi connectivity index (χ4n) is 1.05. The van der Waals surface area contributed by atoms with E-state index in [2.05, 4.69) is 15.9 Å². The second-order valence-corrected chi connectivity index (χ2v) is 6.03. The molecule has 0 atom stereocenters. The first-order valence-corrected chi connectivity index (χ1v) is 6.70. The average molecular weight is 326 g/mol. The number of hydrogen-bond acceptors (Lipinski definition) is 5. The summed E-state index contributed by atoms with van der Waals surface area (Å²) in [5.41, 5.74) is -1.11. The second kappa shape index (κ2) is 4.37. The number of nitro groups is 1. The van der Waals surface area contributed by atoms with Crippen molar-refractivity contribution in [3.05, 3.63) is 32.3 Å². The molecule has 0 amide bonds. The summed E-state index contributed by atoms with van der Waals surface area (Å²) in [6, 6.07) is 3.65. The first-order chi connectivity index (χ1) is 7.27. The van der Waals surface area contributed by atoms with Gasteiger partial charge in [0.15, 0.2) is 4.90 Å². The van der Waals surface area contributed by atoms with Crippen LogP contribution in [0, 0.1) is 21.4 Å². The van der Waals surface area contributed by atoms with Crippen LogP contribution in [0.25, 0.3) is 0 Å². The van der Waals surface area contributed by atoms with Crippen LogP contribution >= 0.6 is 26.6 Å². The Morgan fingerprint density at radius 2 is 2.06 bits per heavy atom. The molecule has 0 spiro atoms. The molecule has 0 heterocycles. The molecule has 0 saturated carbocycles. The van der Waals surface area contributed by atoms with Gasteiger partial charge in [-0.05, 0) is 6.07 Å². The Hall–Kier alpha value is -1.17. The molecule has 0 aliphatic rings. The Labute approximate surface area is 103 Å². The molecule has 0 aromatic heterocycles. The van der Waals surface area contributed by atoms with Crippen molar-refractivity contribution in [2.24, 2.45) is 0 Å². The number of nitro benzene ring substituents is 1. The van der Waals surface area contributed by atoms with Gasteiger partial charge in [-0.3, -0.25) is 10.1 Å². The van der Waals surface area contributed by atoms with Gasteiger partial charge in [-0.15, -0.1) is 0 Å². The van der Waals surface area contributed by atoms with Gasteiger partial charge in [-0.2, -0.15) is 5.26 Å². The van der Waals surface area contributed by atoms with Crippen molar-refractivity contribution in [2.75, 3.05) is 0 Å². The maximum atomic E-state index is 11.1. The van der Waals surface area contributed by atoms with Gasteiger partial charge in [-0.1, -0.05) is 15.9 Å². The van der Waals surface area contributed by atoms with Crippen molar-refractivity contribution >= 4 is 41.4 Å². The summed E-state index contributed by atoms with van der Waals surface area (Å²) in [6.07, 6.45) is 0. The highest BCUT2D eigenvalue weighted by molar-refractivity contribution is 9.10. The summed E-state index contributed by atoms with van der Waals surface area (Å²) < 4.78 is 22.5. The molecule has 1 rings (SSSR count). The SMILES string of the molecule is N#Cc1cc(Br)cc([N+](=O)[O-])c1S(=O)(=O)Cl. The smallest absolute Gasteiger partial charge is 0.258 e. The molecule has 0 aliphatic carbocycles. The molecule has 0 bridgehead atoms. The first kappa shape index (κ1) is 12.9. The Morgan fingerprint density at radius 3 is 2.44 bits per heavy atom. The van der Waals surface area contributed by atoms with Gasteiger partial charge in [0.1, 0.15) is 6.07 Å². The van der Waals surface area contributed by atoms with E-state index in [1.165, 1.54) is 0 Å². The number of halogens is 2. The Balaban J connectivity index is 3.82. The predicted octanol–water partition coefficient (Wildman–Crippen LogP) is 2.16. The van der Waals surface area contributed by atoms with E-state index in [1.807, 2.05) is 0 Å². The third kappa shape index (κ3) is 2.49. The van der Waals surface area contributed by atoms with Crippen LogP contribution in [0.15, 0.2) is 21.5 Å². The Morgan fingerprint density at radius 1 is 1.50 bits per heavy atom. The summed E-state index contributed by atoms with van der Waals surface area (Å²) >= 11 is 2.93. The van der Waals surface area contributed by atoms with Crippen molar-refractivity contribution < 1.29 is 13.3 Å². The van der Waals surface area contributed by atoms with Gasteiger partial charge in [0.05, 0.1) is 10.5 Å². The van der Waals surface area contributed by atoms with Crippen LogP contribution in [-0.2, 0) is 9.05 Å². The molecule has 0 unspecified atom stereocenters. The molecular weight excluding hydrogens is 324 g/mol. The third-order valence-electron chi connectivity index (χ3n) is 1.60. The molecule has 0 saturated heterocycles.